The van der Waals surface area contributed by atoms with Gasteiger partial charge in [-0.15, -0.1) is 0 Å². The molecule has 0 unspecified atom stereocenters. The predicted molar refractivity (Wildman–Crippen MR) is 77.7 cm³/mol. The van der Waals surface area contributed by atoms with E-state index in [1.54, 1.807) is 0 Å². The molecule has 0 aliphatic carbocycles. The molecule has 2 aromatic rings. The summed E-state index contributed by atoms with van der Waals surface area (Å²) in [6.45, 7) is 1.49. The summed E-state index contributed by atoms with van der Waals surface area (Å²) in [4.78, 5) is 24.4. The smallest absolute Gasteiger partial charge is 0.408 e. The molecule has 0 spiro atoms. The number of benzene rings is 1. The molecule has 0 radical (unpaired) electrons. The summed E-state index contributed by atoms with van der Waals surface area (Å²) in [6.07, 6.45) is 3.01. The van der Waals surface area contributed by atoms with Gasteiger partial charge in [0.1, 0.15) is 12.6 Å². The normalized spacial score (nSPS) is 10.7. The number of rotatable bonds is 4. The molecule has 3 N–H and O–H groups in total. The van der Waals surface area contributed by atoms with Crippen LogP contribution in [-0.4, -0.2) is 28.2 Å². The lowest BCUT2D eigenvalue weighted by molar-refractivity contribution is -0.138. The van der Waals surface area contributed by atoms with Crippen LogP contribution >= 0.6 is 0 Å². The average molecular weight is 290 g/mol. The zero-order chi connectivity index (χ0) is 15.5. The molecule has 1 aromatic heterocycles. The maximum absolute atomic E-state index is 11.1. The lowest BCUT2D eigenvalue weighted by atomic mass is 10.2. The van der Waals surface area contributed by atoms with Gasteiger partial charge in [-0.3, -0.25) is 4.79 Å². The van der Waals surface area contributed by atoms with Crippen LogP contribution in [0.4, 0.5) is 4.79 Å². The standard InChI is InChI=1S/C11H13NO4.C4H5N/c1-8(10(13)14)12-11(15)16-7-9-5-3-2-4-6-9;1-2-4-5-3-1/h2-6,8H,7H2,1H3,(H,12,15)(H,13,14);1-5H/t8-;/m0./s1. The summed E-state index contributed by atoms with van der Waals surface area (Å²) in [7, 11) is 0. The number of ether oxygens (including phenoxy) is 1. The Morgan fingerprint density at radius 3 is 2.29 bits per heavy atom. The summed E-state index contributed by atoms with van der Waals surface area (Å²) in [5.74, 6) is -1.10. The van der Waals surface area contributed by atoms with E-state index >= 15 is 0 Å². The van der Waals surface area contributed by atoms with Crippen molar-refractivity contribution in [1.82, 2.24) is 10.3 Å². The van der Waals surface area contributed by atoms with Gasteiger partial charge in [-0.1, -0.05) is 30.3 Å². The molecule has 1 heterocycles. The molecule has 2 rings (SSSR count). The molecule has 1 aromatic carbocycles. The number of H-pyrrole nitrogens is 1. The number of alkyl carbamates (subject to hydrolysis) is 1. The highest BCUT2D eigenvalue weighted by molar-refractivity contribution is 5.79. The second-order valence-corrected chi connectivity index (χ2v) is 4.15. The van der Waals surface area contributed by atoms with Gasteiger partial charge in [-0.25, -0.2) is 4.79 Å². The van der Waals surface area contributed by atoms with Crippen LogP contribution in [-0.2, 0) is 16.1 Å². The first-order valence-electron chi connectivity index (χ1n) is 6.37. The number of carbonyl (C=O) groups is 2. The molecule has 6 heteroatoms. The summed E-state index contributed by atoms with van der Waals surface area (Å²) >= 11 is 0. The lowest BCUT2D eigenvalue weighted by Gasteiger charge is -2.09. The number of hydrogen-bond donors (Lipinski definition) is 3. The van der Waals surface area contributed by atoms with Crippen molar-refractivity contribution in [1.29, 1.82) is 0 Å². The highest BCUT2D eigenvalue weighted by Crippen LogP contribution is 2.00. The number of aliphatic carboxylic acids is 1. The van der Waals surface area contributed by atoms with Gasteiger partial charge in [0.2, 0.25) is 0 Å². The summed E-state index contributed by atoms with van der Waals surface area (Å²) in [5.41, 5.74) is 0.848. The quantitative estimate of drug-likeness (QED) is 0.806. The zero-order valence-electron chi connectivity index (χ0n) is 11.7. The van der Waals surface area contributed by atoms with Crippen LogP contribution in [0.5, 0.6) is 0 Å². The average Bonchev–Trinajstić information content (AvgIpc) is 3.05. The van der Waals surface area contributed by atoms with Crippen molar-refractivity contribution in [2.45, 2.75) is 19.6 Å². The molecule has 1 amide bonds. The van der Waals surface area contributed by atoms with E-state index < -0.39 is 18.1 Å². The third-order valence-electron chi connectivity index (χ3n) is 2.41. The van der Waals surface area contributed by atoms with Crippen molar-refractivity contribution < 1.29 is 19.4 Å². The van der Waals surface area contributed by atoms with Crippen LogP contribution in [0.2, 0.25) is 0 Å². The molecule has 1 atom stereocenters. The van der Waals surface area contributed by atoms with Crippen LogP contribution in [0.25, 0.3) is 0 Å². The van der Waals surface area contributed by atoms with Gasteiger partial charge in [0, 0.05) is 12.4 Å². The van der Waals surface area contributed by atoms with Gasteiger partial charge < -0.3 is 20.1 Å². The Balaban J connectivity index is 0.000000369. The number of hydrogen-bond acceptors (Lipinski definition) is 3. The Bertz CT molecular complexity index is 509. The molecule has 0 aliphatic heterocycles. The van der Waals surface area contributed by atoms with E-state index in [0.717, 1.165) is 5.56 Å². The van der Waals surface area contributed by atoms with Gasteiger partial charge in [-0.2, -0.15) is 0 Å². The fraction of sp³-hybridized carbons (Fsp3) is 0.200. The van der Waals surface area contributed by atoms with E-state index in [0.29, 0.717) is 0 Å². The van der Waals surface area contributed by atoms with Crippen molar-refractivity contribution in [2.24, 2.45) is 0 Å². The van der Waals surface area contributed by atoms with Gasteiger partial charge in [-0.05, 0) is 24.6 Å². The maximum atomic E-state index is 11.1. The van der Waals surface area contributed by atoms with Crippen LogP contribution in [0.1, 0.15) is 12.5 Å². The molecule has 6 nitrogen and oxygen atoms in total. The highest BCUT2D eigenvalue weighted by Gasteiger charge is 2.14. The fourth-order valence-corrected chi connectivity index (χ4v) is 1.28. The minimum absolute atomic E-state index is 0.124. The first-order chi connectivity index (χ1) is 10.1. The minimum Gasteiger partial charge on any atom is -0.480 e. The first-order valence-corrected chi connectivity index (χ1v) is 6.37. The van der Waals surface area contributed by atoms with E-state index in [-0.39, 0.29) is 6.61 Å². The monoisotopic (exact) mass is 290 g/mol. The van der Waals surface area contributed by atoms with Crippen LogP contribution in [0, 0.1) is 0 Å². The Hall–Kier alpha value is -2.76. The van der Waals surface area contributed by atoms with Crippen molar-refractivity contribution in [2.75, 3.05) is 0 Å². The molecule has 0 saturated carbocycles. The van der Waals surface area contributed by atoms with Crippen molar-refractivity contribution >= 4 is 12.1 Å². The Morgan fingerprint density at radius 2 is 1.81 bits per heavy atom. The van der Waals surface area contributed by atoms with Gasteiger partial charge in [0.05, 0.1) is 0 Å². The molecule has 0 saturated heterocycles. The highest BCUT2D eigenvalue weighted by atomic mass is 16.5. The second-order valence-electron chi connectivity index (χ2n) is 4.15. The van der Waals surface area contributed by atoms with E-state index in [1.807, 2.05) is 54.9 Å². The lowest BCUT2D eigenvalue weighted by Crippen LogP contribution is -2.38. The Labute approximate surface area is 122 Å². The largest absolute Gasteiger partial charge is 0.480 e. The number of carboxylic acids is 1. The van der Waals surface area contributed by atoms with E-state index in [2.05, 4.69) is 10.3 Å². The number of aromatic amines is 1. The fourth-order valence-electron chi connectivity index (χ4n) is 1.28. The molecule has 0 bridgehead atoms. The third-order valence-corrected chi connectivity index (χ3v) is 2.41. The van der Waals surface area contributed by atoms with Crippen molar-refractivity contribution in [3.05, 3.63) is 60.4 Å². The second kappa shape index (κ2) is 9.19. The summed E-state index contributed by atoms with van der Waals surface area (Å²) in [5, 5.41) is 10.7. The summed E-state index contributed by atoms with van der Waals surface area (Å²) in [6, 6.07) is 12.1. The molecular formula is C15H18N2O4. The van der Waals surface area contributed by atoms with Crippen molar-refractivity contribution in [3.8, 4) is 0 Å². The number of amides is 1. The molecule has 0 fully saturated rings. The SMILES string of the molecule is C[C@H](NC(=O)OCc1ccccc1)C(=O)O.c1cc[nH]c1. The van der Waals surface area contributed by atoms with Gasteiger partial charge in [0.15, 0.2) is 0 Å². The van der Waals surface area contributed by atoms with E-state index in [9.17, 15) is 9.59 Å². The molecule has 112 valence electrons. The maximum Gasteiger partial charge on any atom is 0.408 e. The predicted octanol–water partition coefficient (Wildman–Crippen LogP) is 2.40. The van der Waals surface area contributed by atoms with Gasteiger partial charge >= 0.3 is 12.1 Å². The molecule has 21 heavy (non-hydrogen) atoms. The van der Waals surface area contributed by atoms with Crippen LogP contribution in [0.15, 0.2) is 54.9 Å². The number of carboxylic acid groups (broad SMARTS) is 1. The van der Waals surface area contributed by atoms with Crippen LogP contribution < -0.4 is 5.32 Å². The first kappa shape index (κ1) is 16.3. The Morgan fingerprint density at radius 1 is 1.19 bits per heavy atom. The zero-order valence-corrected chi connectivity index (χ0v) is 11.7. The van der Waals surface area contributed by atoms with Gasteiger partial charge in [0.25, 0.3) is 0 Å². The van der Waals surface area contributed by atoms with Crippen molar-refractivity contribution in [3.63, 3.8) is 0 Å². The number of aromatic nitrogens is 1. The van der Waals surface area contributed by atoms with Crippen LogP contribution in [0.3, 0.4) is 0 Å². The van der Waals surface area contributed by atoms with E-state index in [4.69, 9.17) is 9.84 Å². The summed E-state index contributed by atoms with van der Waals surface area (Å²) < 4.78 is 4.84. The number of nitrogens with one attached hydrogen (secondary N) is 2. The third kappa shape index (κ3) is 7.41. The van der Waals surface area contributed by atoms with E-state index in [1.165, 1.54) is 6.92 Å². The Kier molecular flexibility index (Phi) is 7.13. The molecular weight excluding hydrogens is 272 g/mol. The number of carbonyl (C=O) groups excluding carboxylic acids is 1. The topological polar surface area (TPSA) is 91.4 Å². The minimum atomic E-state index is -1.10. The molecule has 0 aliphatic rings.